The van der Waals surface area contributed by atoms with Gasteiger partial charge in [-0.2, -0.15) is 0 Å². The van der Waals surface area contributed by atoms with E-state index >= 15 is 0 Å². The number of fused-ring (bicyclic) bond motifs is 2. The van der Waals surface area contributed by atoms with Crippen molar-refractivity contribution >= 4 is 22.9 Å². The molecule has 2 heterocycles. The highest BCUT2D eigenvalue weighted by molar-refractivity contribution is 5.99. The van der Waals surface area contributed by atoms with Crippen molar-refractivity contribution in [1.82, 2.24) is 19.9 Å². The number of nitrogens with zero attached hydrogens (tertiary/aromatic N) is 4. The molecule has 2 aromatic carbocycles. The van der Waals surface area contributed by atoms with Crippen molar-refractivity contribution < 1.29 is 14.7 Å². The average Bonchev–Trinajstić information content (AvgIpc) is 3.00. The molecule has 0 fully saturated rings. The maximum atomic E-state index is 13.0. The molecule has 0 radical (unpaired) electrons. The maximum Gasteiger partial charge on any atom is 0.326 e. The molecule has 1 aliphatic heterocycles. The molecule has 0 aliphatic carbocycles. The van der Waals surface area contributed by atoms with E-state index in [2.05, 4.69) is 10.3 Å². The van der Waals surface area contributed by atoms with Gasteiger partial charge in [0.1, 0.15) is 11.6 Å². The zero-order valence-corrected chi connectivity index (χ0v) is 13.6. The third-order valence-electron chi connectivity index (χ3n) is 4.65. The lowest BCUT2D eigenvalue weighted by molar-refractivity contribution is -0.142. The number of carboxylic acids is 1. The van der Waals surface area contributed by atoms with Gasteiger partial charge in [-0.3, -0.25) is 4.79 Å². The van der Waals surface area contributed by atoms with Gasteiger partial charge in [0.2, 0.25) is 0 Å². The van der Waals surface area contributed by atoms with Gasteiger partial charge in [0.15, 0.2) is 0 Å². The van der Waals surface area contributed by atoms with Crippen molar-refractivity contribution in [2.24, 2.45) is 7.05 Å². The van der Waals surface area contributed by atoms with Crippen LogP contribution in [0.1, 0.15) is 21.5 Å². The van der Waals surface area contributed by atoms with Crippen LogP contribution < -0.4 is 0 Å². The molecule has 1 amide bonds. The number of amides is 1. The van der Waals surface area contributed by atoms with Crippen molar-refractivity contribution in [3.63, 3.8) is 0 Å². The first-order valence-electron chi connectivity index (χ1n) is 7.94. The topological polar surface area (TPSA) is 88.3 Å². The first-order chi connectivity index (χ1) is 12.0. The number of carbonyl (C=O) groups excluding carboxylic acids is 1. The number of benzene rings is 2. The fraction of sp³-hybridized carbons (Fsp3) is 0.222. The molecule has 0 unspecified atom stereocenters. The predicted octanol–water partition coefficient (Wildman–Crippen LogP) is 1.62. The summed E-state index contributed by atoms with van der Waals surface area (Å²) < 4.78 is 1.63. The van der Waals surface area contributed by atoms with Crippen LogP contribution in [0.3, 0.4) is 0 Å². The van der Waals surface area contributed by atoms with E-state index < -0.39 is 12.0 Å². The van der Waals surface area contributed by atoms with E-state index in [9.17, 15) is 14.7 Å². The Hall–Kier alpha value is -3.22. The van der Waals surface area contributed by atoms with Gasteiger partial charge < -0.3 is 10.0 Å². The van der Waals surface area contributed by atoms with E-state index in [1.165, 1.54) is 4.90 Å². The van der Waals surface area contributed by atoms with Gasteiger partial charge in [-0.05, 0) is 29.3 Å². The number of carbonyl (C=O) groups is 2. The molecule has 7 heteroatoms. The fourth-order valence-electron chi connectivity index (χ4n) is 3.30. The van der Waals surface area contributed by atoms with Crippen LogP contribution in [-0.4, -0.2) is 42.9 Å². The molecule has 1 N–H and O–H groups in total. The largest absolute Gasteiger partial charge is 0.480 e. The lowest BCUT2D eigenvalue weighted by Gasteiger charge is -2.34. The summed E-state index contributed by atoms with van der Waals surface area (Å²) in [5, 5.41) is 17.5. The zero-order valence-electron chi connectivity index (χ0n) is 13.6. The third-order valence-corrected chi connectivity index (χ3v) is 4.65. The van der Waals surface area contributed by atoms with Crippen molar-refractivity contribution in [3.05, 3.63) is 59.2 Å². The Kier molecular flexibility index (Phi) is 3.49. The molecule has 4 rings (SSSR count). The molecular weight excluding hydrogens is 320 g/mol. The van der Waals surface area contributed by atoms with E-state index in [0.717, 1.165) is 16.6 Å². The Bertz CT molecular complexity index is 995. The molecule has 1 aromatic heterocycles. The summed E-state index contributed by atoms with van der Waals surface area (Å²) in [6.45, 7) is 0.282. The standard InChI is InChI=1S/C18H16N4O3/c1-21-15-7-6-12(8-14(15)19-20-21)17(23)22-10-13-5-3-2-4-11(13)9-16(22)18(24)25/h2-8,16H,9-10H2,1H3,(H,24,25)/t16-/m1/s1. The summed E-state index contributed by atoms with van der Waals surface area (Å²) in [6.07, 6.45) is 0.310. The number of hydrogen-bond donors (Lipinski definition) is 1. The molecule has 0 bridgehead atoms. The minimum absolute atomic E-state index is 0.282. The second-order valence-electron chi connectivity index (χ2n) is 6.18. The van der Waals surface area contributed by atoms with Crippen LogP contribution in [0.4, 0.5) is 0 Å². The molecule has 1 atom stereocenters. The summed E-state index contributed by atoms with van der Waals surface area (Å²) in [5.41, 5.74) is 3.80. The number of carboxylic acid groups (broad SMARTS) is 1. The Morgan fingerprint density at radius 1 is 1.16 bits per heavy atom. The number of aryl methyl sites for hydroxylation is 1. The van der Waals surface area contributed by atoms with E-state index in [4.69, 9.17) is 0 Å². The highest BCUT2D eigenvalue weighted by Crippen LogP contribution is 2.26. The van der Waals surface area contributed by atoms with E-state index in [1.54, 1.807) is 29.9 Å². The Balaban J connectivity index is 1.72. The second-order valence-corrected chi connectivity index (χ2v) is 6.18. The second kappa shape index (κ2) is 5.70. The Morgan fingerprint density at radius 3 is 2.68 bits per heavy atom. The van der Waals surface area contributed by atoms with Crippen molar-refractivity contribution in [2.75, 3.05) is 0 Å². The predicted molar refractivity (Wildman–Crippen MR) is 90.0 cm³/mol. The van der Waals surface area contributed by atoms with Crippen LogP contribution in [-0.2, 0) is 24.8 Å². The molecule has 1 aliphatic rings. The van der Waals surface area contributed by atoms with Gasteiger partial charge in [-0.25, -0.2) is 9.48 Å². The van der Waals surface area contributed by atoms with Gasteiger partial charge in [0.05, 0.1) is 5.52 Å². The average molecular weight is 336 g/mol. The van der Waals surface area contributed by atoms with Gasteiger partial charge in [-0.1, -0.05) is 29.5 Å². The smallest absolute Gasteiger partial charge is 0.326 e. The first kappa shape index (κ1) is 15.3. The molecular formula is C18H16N4O3. The van der Waals surface area contributed by atoms with Crippen molar-refractivity contribution in [1.29, 1.82) is 0 Å². The summed E-state index contributed by atoms with van der Waals surface area (Å²) in [4.78, 5) is 26.1. The van der Waals surface area contributed by atoms with Crippen molar-refractivity contribution in [2.45, 2.75) is 19.0 Å². The molecule has 7 nitrogen and oxygen atoms in total. The zero-order chi connectivity index (χ0) is 17.6. The van der Waals surface area contributed by atoms with E-state index in [-0.39, 0.29) is 12.5 Å². The molecule has 0 saturated carbocycles. The van der Waals surface area contributed by atoms with E-state index in [0.29, 0.717) is 17.5 Å². The number of aliphatic carboxylic acids is 1. The summed E-state index contributed by atoms with van der Waals surface area (Å²) >= 11 is 0. The SMILES string of the molecule is Cn1nnc2cc(C(=O)N3Cc4ccccc4C[C@@H]3C(=O)O)ccc21. The van der Waals surface area contributed by atoms with Crippen LogP contribution in [0.5, 0.6) is 0 Å². The van der Waals surface area contributed by atoms with Crippen LogP contribution >= 0.6 is 0 Å². The van der Waals surface area contributed by atoms with Gasteiger partial charge in [-0.15, -0.1) is 5.10 Å². The van der Waals surface area contributed by atoms with Gasteiger partial charge >= 0.3 is 5.97 Å². The minimum atomic E-state index is -0.997. The molecule has 25 heavy (non-hydrogen) atoms. The summed E-state index contributed by atoms with van der Waals surface area (Å²) in [5.74, 6) is -1.31. The van der Waals surface area contributed by atoms with Gasteiger partial charge in [0.25, 0.3) is 5.91 Å². The van der Waals surface area contributed by atoms with Crippen LogP contribution in [0.15, 0.2) is 42.5 Å². The Morgan fingerprint density at radius 2 is 1.92 bits per heavy atom. The van der Waals surface area contributed by atoms with Crippen LogP contribution in [0.25, 0.3) is 11.0 Å². The third kappa shape index (κ3) is 2.53. The van der Waals surface area contributed by atoms with Crippen molar-refractivity contribution in [3.8, 4) is 0 Å². The summed E-state index contributed by atoms with van der Waals surface area (Å²) in [7, 11) is 1.78. The highest BCUT2D eigenvalue weighted by atomic mass is 16.4. The first-order valence-corrected chi connectivity index (χ1v) is 7.94. The molecule has 0 spiro atoms. The maximum absolute atomic E-state index is 13.0. The highest BCUT2D eigenvalue weighted by Gasteiger charge is 2.35. The lowest BCUT2D eigenvalue weighted by Crippen LogP contribution is -2.48. The lowest BCUT2D eigenvalue weighted by atomic mass is 9.93. The minimum Gasteiger partial charge on any atom is -0.480 e. The van der Waals surface area contributed by atoms with Gasteiger partial charge in [0, 0.05) is 25.6 Å². The Labute approximate surface area is 143 Å². The van der Waals surface area contributed by atoms with E-state index in [1.807, 2.05) is 24.3 Å². The van der Waals surface area contributed by atoms with Crippen LogP contribution in [0, 0.1) is 0 Å². The summed E-state index contributed by atoms with van der Waals surface area (Å²) in [6, 6.07) is 11.9. The number of rotatable bonds is 2. The quantitative estimate of drug-likeness (QED) is 0.768. The molecule has 0 saturated heterocycles. The number of aromatic nitrogens is 3. The molecule has 126 valence electrons. The number of hydrogen-bond acceptors (Lipinski definition) is 4. The normalized spacial score (nSPS) is 16.7. The fourth-order valence-corrected chi connectivity index (χ4v) is 3.30. The van der Waals surface area contributed by atoms with Crippen LogP contribution in [0.2, 0.25) is 0 Å². The monoisotopic (exact) mass is 336 g/mol. The molecule has 3 aromatic rings.